The molecule has 2 aromatic carbocycles. The molecule has 0 bridgehead atoms. The first-order valence-corrected chi connectivity index (χ1v) is 12.2. The molecule has 4 heteroatoms. The highest BCUT2D eigenvalue weighted by Crippen LogP contribution is 2.48. The molecule has 2 saturated carbocycles. The molecule has 0 N–H and O–H groups in total. The zero-order valence-corrected chi connectivity index (χ0v) is 18.5. The summed E-state index contributed by atoms with van der Waals surface area (Å²) in [5, 5.41) is 1.02. The van der Waals surface area contributed by atoms with Crippen LogP contribution in [-0.4, -0.2) is 0 Å². The molecule has 170 valence electrons. The SMILES string of the molecule is CCCCCCC1CCC2CC(c3ccc4cc(C(F)(F)F)c(F)cc4c3)CCC2C1. The number of unbranched alkanes of at least 4 members (excludes halogenated alkanes) is 3. The first-order chi connectivity index (χ1) is 14.8. The van der Waals surface area contributed by atoms with Crippen molar-refractivity contribution in [1.82, 2.24) is 0 Å². The largest absolute Gasteiger partial charge is 0.419 e. The lowest BCUT2D eigenvalue weighted by atomic mass is 9.63. The second-order valence-electron chi connectivity index (χ2n) is 9.99. The molecule has 0 radical (unpaired) electrons. The van der Waals surface area contributed by atoms with E-state index in [2.05, 4.69) is 6.92 Å². The van der Waals surface area contributed by atoms with Crippen molar-refractivity contribution in [3.8, 4) is 0 Å². The van der Waals surface area contributed by atoms with Crippen molar-refractivity contribution in [2.75, 3.05) is 0 Å². The van der Waals surface area contributed by atoms with Gasteiger partial charge in [-0.05, 0) is 84.2 Å². The zero-order valence-electron chi connectivity index (χ0n) is 18.5. The zero-order chi connectivity index (χ0) is 22.0. The molecule has 2 aliphatic carbocycles. The van der Waals surface area contributed by atoms with Crippen LogP contribution in [0.2, 0.25) is 0 Å². The van der Waals surface area contributed by atoms with Gasteiger partial charge in [0.1, 0.15) is 5.82 Å². The fourth-order valence-electron chi connectivity index (χ4n) is 6.17. The molecule has 0 spiro atoms. The Bertz CT molecular complexity index is 885. The van der Waals surface area contributed by atoms with Crippen LogP contribution < -0.4 is 0 Å². The molecule has 2 aliphatic rings. The molecule has 0 saturated heterocycles. The maximum absolute atomic E-state index is 14.1. The average molecular weight is 435 g/mol. The third-order valence-electron chi connectivity index (χ3n) is 7.91. The van der Waals surface area contributed by atoms with Crippen LogP contribution in [0.3, 0.4) is 0 Å². The summed E-state index contributed by atoms with van der Waals surface area (Å²) < 4.78 is 53.0. The average Bonchev–Trinajstić information content (AvgIpc) is 2.74. The van der Waals surface area contributed by atoms with Gasteiger partial charge >= 0.3 is 6.18 Å². The van der Waals surface area contributed by atoms with Gasteiger partial charge < -0.3 is 0 Å². The second kappa shape index (κ2) is 9.50. The van der Waals surface area contributed by atoms with Gasteiger partial charge in [0.15, 0.2) is 0 Å². The summed E-state index contributed by atoms with van der Waals surface area (Å²) in [4.78, 5) is 0. The van der Waals surface area contributed by atoms with Gasteiger partial charge in [-0.15, -0.1) is 0 Å². The third-order valence-corrected chi connectivity index (χ3v) is 7.91. The van der Waals surface area contributed by atoms with Crippen molar-refractivity contribution in [3.63, 3.8) is 0 Å². The van der Waals surface area contributed by atoms with Gasteiger partial charge in [0.2, 0.25) is 0 Å². The summed E-state index contributed by atoms with van der Waals surface area (Å²) in [7, 11) is 0. The van der Waals surface area contributed by atoms with Gasteiger partial charge in [0.25, 0.3) is 0 Å². The van der Waals surface area contributed by atoms with Crippen molar-refractivity contribution in [1.29, 1.82) is 0 Å². The molecule has 0 amide bonds. The Morgan fingerprint density at radius 3 is 2.39 bits per heavy atom. The number of halogens is 4. The third kappa shape index (κ3) is 5.26. The molecule has 2 aromatic rings. The van der Waals surface area contributed by atoms with Gasteiger partial charge in [-0.3, -0.25) is 0 Å². The van der Waals surface area contributed by atoms with Crippen molar-refractivity contribution in [2.24, 2.45) is 17.8 Å². The Kier molecular flexibility index (Phi) is 6.93. The van der Waals surface area contributed by atoms with Crippen molar-refractivity contribution >= 4 is 10.8 Å². The van der Waals surface area contributed by atoms with E-state index in [1.807, 2.05) is 12.1 Å². The number of rotatable bonds is 6. The van der Waals surface area contributed by atoms with E-state index in [-0.39, 0.29) is 0 Å². The number of benzene rings is 2. The van der Waals surface area contributed by atoms with Crippen LogP contribution in [0.1, 0.15) is 94.6 Å². The smallest absolute Gasteiger partial charge is 0.206 e. The fourth-order valence-corrected chi connectivity index (χ4v) is 6.17. The lowest BCUT2D eigenvalue weighted by molar-refractivity contribution is -0.139. The van der Waals surface area contributed by atoms with E-state index in [1.54, 1.807) is 6.07 Å². The molecule has 0 nitrogen and oxygen atoms in total. The number of hydrogen-bond acceptors (Lipinski definition) is 0. The van der Waals surface area contributed by atoms with Crippen molar-refractivity contribution in [3.05, 3.63) is 47.3 Å². The quantitative estimate of drug-likeness (QED) is 0.314. The first kappa shape index (κ1) is 22.6. The first-order valence-electron chi connectivity index (χ1n) is 12.2. The van der Waals surface area contributed by atoms with E-state index in [0.717, 1.165) is 41.9 Å². The highest BCUT2D eigenvalue weighted by atomic mass is 19.4. The molecule has 2 fully saturated rings. The molecular formula is C27H34F4. The van der Waals surface area contributed by atoms with Crippen molar-refractivity contribution < 1.29 is 17.6 Å². The Balaban J connectivity index is 1.40. The Morgan fingerprint density at radius 2 is 1.61 bits per heavy atom. The van der Waals surface area contributed by atoms with Crippen LogP contribution in [-0.2, 0) is 6.18 Å². The van der Waals surface area contributed by atoms with E-state index in [0.29, 0.717) is 16.7 Å². The molecule has 4 rings (SSSR count). The fraction of sp³-hybridized carbons (Fsp3) is 0.630. The minimum absolute atomic E-state index is 0.442. The highest BCUT2D eigenvalue weighted by molar-refractivity contribution is 5.84. The summed E-state index contributed by atoms with van der Waals surface area (Å²) in [6.07, 6.45) is 9.73. The van der Waals surface area contributed by atoms with Gasteiger partial charge in [-0.1, -0.05) is 63.6 Å². The summed E-state index contributed by atoms with van der Waals surface area (Å²) in [6, 6.07) is 7.61. The Labute approximate surface area is 183 Å². The van der Waals surface area contributed by atoms with Crippen molar-refractivity contribution in [2.45, 2.75) is 89.6 Å². The van der Waals surface area contributed by atoms with Crippen LogP contribution >= 0.6 is 0 Å². The normalized spacial score (nSPS) is 26.7. The van der Waals surface area contributed by atoms with E-state index in [9.17, 15) is 17.6 Å². The number of fused-ring (bicyclic) bond motifs is 2. The van der Waals surface area contributed by atoms with Gasteiger partial charge in [-0.25, -0.2) is 4.39 Å². The van der Waals surface area contributed by atoms with Gasteiger partial charge in [0.05, 0.1) is 5.56 Å². The molecule has 4 unspecified atom stereocenters. The van der Waals surface area contributed by atoms with Crippen LogP contribution in [0.15, 0.2) is 30.3 Å². The molecule has 31 heavy (non-hydrogen) atoms. The summed E-state index contributed by atoms with van der Waals surface area (Å²) >= 11 is 0. The second-order valence-corrected chi connectivity index (χ2v) is 9.99. The van der Waals surface area contributed by atoms with Crippen LogP contribution in [0.5, 0.6) is 0 Å². The van der Waals surface area contributed by atoms with E-state index >= 15 is 0 Å². The molecule has 0 heterocycles. The lowest BCUT2D eigenvalue weighted by Gasteiger charge is -2.42. The maximum atomic E-state index is 14.1. The molecule has 4 atom stereocenters. The van der Waals surface area contributed by atoms with E-state index in [4.69, 9.17) is 0 Å². The van der Waals surface area contributed by atoms with Crippen LogP contribution in [0, 0.1) is 23.6 Å². The van der Waals surface area contributed by atoms with Crippen LogP contribution in [0.25, 0.3) is 10.8 Å². The maximum Gasteiger partial charge on any atom is 0.419 e. The number of alkyl halides is 3. The van der Waals surface area contributed by atoms with E-state index < -0.39 is 17.6 Å². The van der Waals surface area contributed by atoms with E-state index in [1.165, 1.54) is 64.2 Å². The minimum Gasteiger partial charge on any atom is -0.206 e. The predicted octanol–water partition coefficient (Wildman–Crippen LogP) is 9.27. The molecule has 0 aromatic heterocycles. The van der Waals surface area contributed by atoms with Gasteiger partial charge in [0, 0.05) is 0 Å². The van der Waals surface area contributed by atoms with Crippen LogP contribution in [0.4, 0.5) is 17.6 Å². The number of hydrogen-bond donors (Lipinski definition) is 0. The van der Waals surface area contributed by atoms with Gasteiger partial charge in [-0.2, -0.15) is 13.2 Å². The summed E-state index contributed by atoms with van der Waals surface area (Å²) in [5.74, 6) is 1.77. The lowest BCUT2D eigenvalue weighted by Crippen LogP contribution is -2.30. The monoisotopic (exact) mass is 434 g/mol. The minimum atomic E-state index is -4.66. The topological polar surface area (TPSA) is 0 Å². The Hall–Kier alpha value is -1.58. The molecule has 0 aliphatic heterocycles. The highest BCUT2D eigenvalue weighted by Gasteiger charge is 2.36. The summed E-state index contributed by atoms with van der Waals surface area (Å²) in [6.45, 7) is 2.26. The molecular weight excluding hydrogens is 400 g/mol. The standard InChI is InChI=1S/C27H34F4/c1-2-3-4-5-6-18-7-8-20-14-21(10-9-19(20)13-18)22-11-12-23-16-25(27(29,30)31)26(28)17-24(23)15-22/h11-12,15-21H,2-10,13-14H2,1H3. The predicted molar refractivity (Wildman–Crippen MR) is 119 cm³/mol. The Morgan fingerprint density at radius 1 is 0.839 bits per heavy atom. The summed E-state index contributed by atoms with van der Waals surface area (Å²) in [5.41, 5.74) is -0.0218.